The number of anilines is 1. The number of amides is 2. The second kappa shape index (κ2) is 13.1. The van der Waals surface area contributed by atoms with Gasteiger partial charge in [-0.3, -0.25) is 13.9 Å². The van der Waals surface area contributed by atoms with Gasteiger partial charge in [-0.2, -0.15) is 0 Å². The third-order valence-corrected chi connectivity index (χ3v) is 8.38. The van der Waals surface area contributed by atoms with Crippen LogP contribution in [0.1, 0.15) is 42.4 Å². The lowest BCUT2D eigenvalue weighted by Gasteiger charge is -2.34. The Morgan fingerprint density at radius 2 is 1.55 bits per heavy atom. The molecule has 2 amide bonds. The van der Waals surface area contributed by atoms with Gasteiger partial charge in [0.05, 0.1) is 11.9 Å². The summed E-state index contributed by atoms with van der Waals surface area (Å²) in [5, 5.41) is 3.13. The molecule has 1 saturated carbocycles. The van der Waals surface area contributed by atoms with Gasteiger partial charge in [0.1, 0.15) is 18.4 Å². The number of sulfonamides is 1. The van der Waals surface area contributed by atoms with Crippen molar-refractivity contribution >= 4 is 27.5 Å². The summed E-state index contributed by atoms with van der Waals surface area (Å²) in [6.45, 7) is 1.42. The SMILES string of the molecule is Cc1ccc(N(CC(=O)N(Cc2ccc(F)cc2)[C@H](Cc2ccccc2)C(=O)NC2CCCC2)S(C)(=O)=O)cc1. The van der Waals surface area contributed by atoms with Crippen LogP contribution in [0.25, 0.3) is 0 Å². The number of hydrogen-bond acceptors (Lipinski definition) is 4. The maximum absolute atomic E-state index is 14.1. The third kappa shape index (κ3) is 7.91. The van der Waals surface area contributed by atoms with Crippen molar-refractivity contribution in [3.63, 3.8) is 0 Å². The van der Waals surface area contributed by atoms with E-state index in [9.17, 15) is 22.4 Å². The Hall–Kier alpha value is -3.72. The van der Waals surface area contributed by atoms with Crippen molar-refractivity contribution in [1.29, 1.82) is 0 Å². The molecule has 1 aliphatic carbocycles. The Kier molecular flexibility index (Phi) is 9.58. The second-order valence-electron chi connectivity index (χ2n) is 10.4. The molecule has 40 heavy (non-hydrogen) atoms. The van der Waals surface area contributed by atoms with E-state index in [1.54, 1.807) is 36.4 Å². The minimum Gasteiger partial charge on any atom is -0.352 e. The first-order valence-electron chi connectivity index (χ1n) is 13.5. The van der Waals surface area contributed by atoms with Gasteiger partial charge in [-0.15, -0.1) is 0 Å². The van der Waals surface area contributed by atoms with Gasteiger partial charge in [0.2, 0.25) is 21.8 Å². The molecule has 0 bridgehead atoms. The smallest absolute Gasteiger partial charge is 0.244 e. The van der Waals surface area contributed by atoms with E-state index >= 15 is 0 Å². The number of carbonyl (C=O) groups excluding carboxylic acids is 2. The molecule has 1 fully saturated rings. The summed E-state index contributed by atoms with van der Waals surface area (Å²) in [6.07, 6.45) is 5.13. The van der Waals surface area contributed by atoms with Crippen LogP contribution in [-0.2, 0) is 32.6 Å². The number of aryl methyl sites for hydroxylation is 1. The van der Waals surface area contributed by atoms with Gasteiger partial charge in [0.25, 0.3) is 0 Å². The van der Waals surface area contributed by atoms with Crippen LogP contribution in [0, 0.1) is 12.7 Å². The van der Waals surface area contributed by atoms with Crippen LogP contribution in [0.3, 0.4) is 0 Å². The number of halogens is 1. The van der Waals surface area contributed by atoms with Gasteiger partial charge >= 0.3 is 0 Å². The average molecular weight is 566 g/mol. The zero-order valence-corrected chi connectivity index (χ0v) is 23.7. The molecule has 0 spiro atoms. The minimum absolute atomic E-state index is 0.0141. The molecule has 0 saturated heterocycles. The van der Waals surface area contributed by atoms with Crippen molar-refractivity contribution in [3.8, 4) is 0 Å². The number of nitrogens with one attached hydrogen (secondary N) is 1. The van der Waals surface area contributed by atoms with Gasteiger partial charge in [-0.1, -0.05) is 73.0 Å². The number of hydrogen-bond donors (Lipinski definition) is 1. The Labute approximate surface area is 236 Å². The highest BCUT2D eigenvalue weighted by Crippen LogP contribution is 2.22. The molecule has 1 N–H and O–H groups in total. The zero-order valence-electron chi connectivity index (χ0n) is 22.9. The fourth-order valence-corrected chi connectivity index (χ4v) is 5.88. The highest BCUT2D eigenvalue weighted by Gasteiger charge is 2.34. The Morgan fingerprint density at radius 3 is 2.15 bits per heavy atom. The quantitative estimate of drug-likeness (QED) is 0.368. The van der Waals surface area contributed by atoms with E-state index in [4.69, 9.17) is 0 Å². The van der Waals surface area contributed by atoms with E-state index in [0.29, 0.717) is 11.3 Å². The number of rotatable bonds is 11. The first-order valence-corrected chi connectivity index (χ1v) is 15.4. The minimum atomic E-state index is -3.83. The van der Waals surface area contributed by atoms with E-state index in [-0.39, 0.29) is 24.9 Å². The summed E-state index contributed by atoms with van der Waals surface area (Å²) in [4.78, 5) is 29.3. The van der Waals surface area contributed by atoms with E-state index < -0.39 is 34.3 Å². The van der Waals surface area contributed by atoms with E-state index in [1.165, 1.54) is 17.0 Å². The highest BCUT2D eigenvalue weighted by molar-refractivity contribution is 7.92. The second-order valence-corrected chi connectivity index (χ2v) is 12.4. The summed E-state index contributed by atoms with van der Waals surface area (Å²) < 4.78 is 40.4. The molecule has 9 heteroatoms. The monoisotopic (exact) mass is 565 g/mol. The topological polar surface area (TPSA) is 86.8 Å². The lowest BCUT2D eigenvalue weighted by molar-refractivity contribution is -0.140. The summed E-state index contributed by atoms with van der Waals surface area (Å²) in [5.41, 5.74) is 2.80. The largest absolute Gasteiger partial charge is 0.352 e. The molecule has 4 rings (SSSR count). The average Bonchev–Trinajstić information content (AvgIpc) is 3.44. The molecule has 0 heterocycles. The van der Waals surface area contributed by atoms with Crippen LogP contribution in [0.4, 0.5) is 10.1 Å². The van der Waals surface area contributed by atoms with E-state index in [1.807, 2.05) is 37.3 Å². The Balaban J connectivity index is 1.71. The van der Waals surface area contributed by atoms with Crippen molar-refractivity contribution in [3.05, 3.63) is 101 Å². The number of carbonyl (C=O) groups is 2. The predicted molar refractivity (Wildman–Crippen MR) is 155 cm³/mol. The summed E-state index contributed by atoms with van der Waals surface area (Å²) in [6, 6.07) is 21.2. The molecule has 3 aromatic rings. The van der Waals surface area contributed by atoms with Gasteiger partial charge in [0, 0.05) is 19.0 Å². The van der Waals surface area contributed by atoms with Crippen LogP contribution in [-0.4, -0.2) is 50.0 Å². The van der Waals surface area contributed by atoms with Crippen LogP contribution in [0.5, 0.6) is 0 Å². The normalized spacial score (nSPS) is 14.5. The molecular weight excluding hydrogens is 529 g/mol. The summed E-state index contributed by atoms with van der Waals surface area (Å²) >= 11 is 0. The van der Waals surface area contributed by atoms with Crippen LogP contribution in [0.2, 0.25) is 0 Å². The Bertz CT molecular complexity index is 1390. The van der Waals surface area contributed by atoms with Crippen molar-refractivity contribution in [1.82, 2.24) is 10.2 Å². The lowest BCUT2D eigenvalue weighted by atomic mass is 10.0. The molecule has 3 aromatic carbocycles. The van der Waals surface area contributed by atoms with Crippen LogP contribution < -0.4 is 9.62 Å². The molecule has 0 aliphatic heterocycles. The van der Waals surface area contributed by atoms with Gasteiger partial charge in [-0.05, 0) is 55.2 Å². The van der Waals surface area contributed by atoms with Crippen LogP contribution >= 0.6 is 0 Å². The fourth-order valence-electron chi connectivity index (χ4n) is 5.03. The molecule has 0 radical (unpaired) electrons. The van der Waals surface area contributed by atoms with Gasteiger partial charge in [0.15, 0.2) is 0 Å². The fraction of sp³-hybridized carbons (Fsp3) is 0.355. The van der Waals surface area contributed by atoms with Gasteiger partial charge < -0.3 is 10.2 Å². The summed E-state index contributed by atoms with van der Waals surface area (Å²) in [5.74, 6) is -1.23. The highest BCUT2D eigenvalue weighted by atomic mass is 32.2. The van der Waals surface area contributed by atoms with E-state index in [0.717, 1.165) is 47.4 Å². The first-order chi connectivity index (χ1) is 19.1. The lowest BCUT2D eigenvalue weighted by Crippen LogP contribution is -2.54. The standard InChI is InChI=1S/C31H36FN3O4S/c1-23-12-18-28(19-13-23)35(40(2,38)39)22-30(36)34(21-25-14-16-26(32)17-15-25)29(20-24-8-4-3-5-9-24)31(37)33-27-10-6-7-11-27/h3-5,8-9,12-19,27,29H,6-7,10-11,20-22H2,1-2H3,(H,33,37)/t29-/m1/s1. The third-order valence-electron chi connectivity index (χ3n) is 7.24. The van der Waals surface area contributed by atoms with Crippen molar-refractivity contribution in [2.24, 2.45) is 0 Å². The van der Waals surface area contributed by atoms with Crippen molar-refractivity contribution in [2.75, 3.05) is 17.1 Å². The molecule has 1 aliphatic rings. The number of benzene rings is 3. The number of nitrogens with zero attached hydrogens (tertiary/aromatic N) is 2. The zero-order chi connectivity index (χ0) is 28.7. The Morgan fingerprint density at radius 1 is 0.925 bits per heavy atom. The first kappa shape index (κ1) is 29.3. The molecule has 212 valence electrons. The molecular formula is C31H36FN3O4S. The predicted octanol–water partition coefficient (Wildman–Crippen LogP) is 4.60. The molecule has 0 aromatic heterocycles. The summed E-state index contributed by atoms with van der Waals surface area (Å²) in [7, 11) is -3.83. The van der Waals surface area contributed by atoms with Crippen molar-refractivity contribution < 1.29 is 22.4 Å². The van der Waals surface area contributed by atoms with Crippen molar-refractivity contribution in [2.45, 2.75) is 57.7 Å². The maximum atomic E-state index is 14.1. The molecule has 1 atom stereocenters. The van der Waals surface area contributed by atoms with E-state index in [2.05, 4.69) is 5.32 Å². The molecule has 7 nitrogen and oxygen atoms in total. The maximum Gasteiger partial charge on any atom is 0.244 e. The van der Waals surface area contributed by atoms with Gasteiger partial charge in [-0.25, -0.2) is 12.8 Å². The molecule has 0 unspecified atom stereocenters. The van der Waals surface area contributed by atoms with Crippen LogP contribution in [0.15, 0.2) is 78.9 Å².